The van der Waals surface area contributed by atoms with Gasteiger partial charge < -0.3 is 19.3 Å². The van der Waals surface area contributed by atoms with Crippen LogP contribution in [0.5, 0.6) is 5.75 Å². The lowest BCUT2D eigenvalue weighted by Crippen LogP contribution is -2.53. The van der Waals surface area contributed by atoms with Crippen LogP contribution >= 0.6 is 11.6 Å². The summed E-state index contributed by atoms with van der Waals surface area (Å²) in [6, 6.07) is 2.00. The molecular formula is C31H39ClF2N6O5. The molecule has 3 amide bonds. The number of aromatic nitrogens is 3. The van der Waals surface area contributed by atoms with Gasteiger partial charge in [-0.15, -0.1) is 5.10 Å². The SMILES string of the molecule is Cn1nnc(COc2ccc(Cl)c3c2[C@@H](CN2CCCC2=O)N(C(=O)[C@@H]2CC4(CC4)CN2C(=O)OC(C)(C)C)CC3)c1C(F)F. The summed E-state index contributed by atoms with van der Waals surface area (Å²) in [7, 11) is 1.39. The number of likely N-dealkylation sites (tertiary alicyclic amines) is 2. The van der Waals surface area contributed by atoms with Gasteiger partial charge in [0.05, 0.1) is 6.04 Å². The molecule has 244 valence electrons. The molecule has 6 rings (SSSR count). The first-order valence-electron chi connectivity index (χ1n) is 15.5. The van der Waals surface area contributed by atoms with E-state index in [1.165, 1.54) is 7.05 Å². The predicted octanol–water partition coefficient (Wildman–Crippen LogP) is 4.82. The van der Waals surface area contributed by atoms with Crippen molar-refractivity contribution in [2.45, 2.75) is 90.0 Å². The van der Waals surface area contributed by atoms with Gasteiger partial charge in [-0.2, -0.15) is 0 Å². The maximum atomic E-state index is 14.6. The normalized spacial score (nSPS) is 22.4. The minimum atomic E-state index is -2.79. The average Bonchev–Trinajstić information content (AvgIpc) is 3.23. The first-order chi connectivity index (χ1) is 21.3. The third kappa shape index (κ3) is 6.19. The molecule has 11 nitrogen and oxygen atoms in total. The second-order valence-corrected chi connectivity index (χ2v) is 14.0. The number of aryl methyl sites for hydroxylation is 1. The number of benzene rings is 1. The highest BCUT2D eigenvalue weighted by Crippen LogP contribution is 2.55. The third-order valence-corrected chi connectivity index (χ3v) is 9.67. The van der Waals surface area contributed by atoms with Gasteiger partial charge in [0.25, 0.3) is 6.43 Å². The van der Waals surface area contributed by atoms with Crippen LogP contribution in [0, 0.1) is 5.41 Å². The highest BCUT2D eigenvalue weighted by molar-refractivity contribution is 6.31. The van der Waals surface area contributed by atoms with Crippen molar-refractivity contribution in [1.29, 1.82) is 0 Å². The summed E-state index contributed by atoms with van der Waals surface area (Å²) in [5.74, 6) is 0.142. The molecule has 3 aliphatic heterocycles. The smallest absolute Gasteiger partial charge is 0.410 e. The zero-order valence-electron chi connectivity index (χ0n) is 26.0. The molecule has 45 heavy (non-hydrogen) atoms. The number of carbonyl (C=O) groups excluding carboxylic acids is 3. The molecule has 0 N–H and O–H groups in total. The molecule has 2 aromatic rings. The van der Waals surface area contributed by atoms with E-state index in [0.29, 0.717) is 61.7 Å². The number of ether oxygens (including phenoxy) is 2. The zero-order chi connectivity index (χ0) is 32.3. The first-order valence-corrected chi connectivity index (χ1v) is 15.8. The molecule has 0 radical (unpaired) electrons. The summed E-state index contributed by atoms with van der Waals surface area (Å²) < 4.78 is 40.3. The summed E-state index contributed by atoms with van der Waals surface area (Å²) in [5.41, 5.74) is 0.265. The molecule has 1 spiro atoms. The quantitative estimate of drug-likeness (QED) is 0.423. The van der Waals surface area contributed by atoms with Gasteiger partial charge in [0.2, 0.25) is 11.8 Å². The maximum Gasteiger partial charge on any atom is 0.410 e. The van der Waals surface area contributed by atoms with E-state index in [1.807, 2.05) is 0 Å². The van der Waals surface area contributed by atoms with E-state index in [2.05, 4.69) is 10.3 Å². The Morgan fingerprint density at radius 3 is 2.56 bits per heavy atom. The largest absolute Gasteiger partial charge is 0.487 e. The number of hydrogen-bond acceptors (Lipinski definition) is 7. The molecule has 2 saturated heterocycles. The number of alkyl halides is 2. The van der Waals surface area contributed by atoms with Crippen LogP contribution in [0.25, 0.3) is 0 Å². The third-order valence-electron chi connectivity index (χ3n) is 9.31. The van der Waals surface area contributed by atoms with Gasteiger partial charge in [0.1, 0.15) is 35.4 Å². The van der Waals surface area contributed by atoms with Crippen LogP contribution in [-0.4, -0.2) is 85.4 Å². The van der Waals surface area contributed by atoms with Gasteiger partial charge in [0, 0.05) is 50.2 Å². The van der Waals surface area contributed by atoms with Gasteiger partial charge in [-0.3, -0.25) is 14.5 Å². The topological polar surface area (TPSA) is 110 Å². The van der Waals surface area contributed by atoms with E-state index >= 15 is 0 Å². The molecule has 3 fully saturated rings. The molecule has 1 aliphatic carbocycles. The number of hydrogen-bond donors (Lipinski definition) is 0. The van der Waals surface area contributed by atoms with E-state index in [9.17, 15) is 23.2 Å². The number of carbonyl (C=O) groups is 3. The zero-order valence-corrected chi connectivity index (χ0v) is 26.8. The molecule has 4 aliphatic rings. The standard InChI is InChI=1S/C31H39ClF2N6O5/c1-30(2,3)45-29(43)40-17-31(10-11-31)14-21(40)28(42)39-13-9-18-19(32)7-8-23(25(18)22(39)15-38-12-5-6-24(38)41)44-16-20-26(27(33)34)37(4)36-35-20/h7-8,21-22,27H,5-6,9-17H2,1-4H3/t21-,22+/m0/s1. The lowest BCUT2D eigenvalue weighted by Gasteiger charge is -2.42. The fourth-order valence-corrected chi connectivity index (χ4v) is 7.17. The Kier molecular flexibility index (Phi) is 8.20. The highest BCUT2D eigenvalue weighted by Gasteiger charge is 2.57. The Hall–Kier alpha value is -3.48. The van der Waals surface area contributed by atoms with Crippen LogP contribution in [0.2, 0.25) is 5.02 Å². The Labute approximate surface area is 265 Å². The number of amides is 3. The van der Waals surface area contributed by atoms with E-state index in [-0.39, 0.29) is 41.8 Å². The summed E-state index contributed by atoms with van der Waals surface area (Å²) in [5, 5.41) is 8.09. The van der Waals surface area contributed by atoms with E-state index in [4.69, 9.17) is 21.1 Å². The van der Waals surface area contributed by atoms with Crippen molar-refractivity contribution in [3.63, 3.8) is 0 Å². The summed E-state index contributed by atoms with van der Waals surface area (Å²) >= 11 is 6.70. The number of nitrogens with zero attached hydrogens (tertiary/aromatic N) is 6. The molecule has 1 aromatic heterocycles. The van der Waals surface area contributed by atoms with Crippen molar-refractivity contribution in [3.05, 3.63) is 39.7 Å². The Balaban J connectivity index is 1.35. The van der Waals surface area contributed by atoms with Crippen molar-refractivity contribution < 1.29 is 32.6 Å². The van der Waals surface area contributed by atoms with Crippen molar-refractivity contribution in [2.24, 2.45) is 12.5 Å². The molecule has 0 unspecified atom stereocenters. The fourth-order valence-electron chi connectivity index (χ4n) is 6.91. The molecule has 1 aromatic carbocycles. The van der Waals surface area contributed by atoms with Gasteiger partial charge >= 0.3 is 6.09 Å². The first kappa shape index (κ1) is 31.5. The molecule has 0 bridgehead atoms. The summed E-state index contributed by atoms with van der Waals surface area (Å²) in [6.45, 7) is 6.67. The lowest BCUT2D eigenvalue weighted by atomic mass is 9.90. The van der Waals surface area contributed by atoms with Crippen LogP contribution in [0.4, 0.5) is 13.6 Å². The van der Waals surface area contributed by atoms with Crippen molar-refractivity contribution in [1.82, 2.24) is 29.7 Å². The maximum absolute atomic E-state index is 14.6. The van der Waals surface area contributed by atoms with Crippen LogP contribution in [0.1, 0.15) is 87.9 Å². The highest BCUT2D eigenvalue weighted by atomic mass is 35.5. The lowest BCUT2D eigenvalue weighted by molar-refractivity contribution is -0.141. The molecular weight excluding hydrogens is 610 g/mol. The van der Waals surface area contributed by atoms with Gasteiger partial charge in [-0.25, -0.2) is 18.3 Å². The summed E-state index contributed by atoms with van der Waals surface area (Å²) in [4.78, 5) is 45.8. The Morgan fingerprint density at radius 2 is 1.91 bits per heavy atom. The molecule has 4 heterocycles. The second-order valence-electron chi connectivity index (χ2n) is 13.6. The van der Waals surface area contributed by atoms with Crippen LogP contribution in [-0.2, 0) is 34.4 Å². The van der Waals surface area contributed by atoms with Gasteiger partial charge in [-0.1, -0.05) is 16.8 Å². The monoisotopic (exact) mass is 648 g/mol. The Bertz CT molecular complexity index is 1510. The summed E-state index contributed by atoms with van der Waals surface area (Å²) in [6.07, 6.45) is 0.685. The number of rotatable bonds is 7. The number of fused-ring (bicyclic) bond motifs is 1. The van der Waals surface area contributed by atoms with Gasteiger partial charge in [-0.05, 0) is 76.0 Å². The van der Waals surface area contributed by atoms with Crippen LogP contribution in [0.15, 0.2) is 12.1 Å². The molecule has 14 heteroatoms. The number of halogens is 3. The predicted molar refractivity (Wildman–Crippen MR) is 159 cm³/mol. The average molecular weight is 649 g/mol. The minimum Gasteiger partial charge on any atom is -0.487 e. The molecule has 1 saturated carbocycles. The Morgan fingerprint density at radius 1 is 1.16 bits per heavy atom. The fraction of sp³-hybridized carbons (Fsp3) is 0.645. The van der Waals surface area contributed by atoms with E-state index in [0.717, 1.165) is 23.1 Å². The van der Waals surface area contributed by atoms with Crippen LogP contribution < -0.4 is 4.74 Å². The molecule has 2 atom stereocenters. The second kappa shape index (κ2) is 11.7. The van der Waals surface area contributed by atoms with E-state index in [1.54, 1.807) is 47.6 Å². The van der Waals surface area contributed by atoms with Crippen molar-refractivity contribution in [2.75, 3.05) is 26.2 Å². The van der Waals surface area contributed by atoms with Gasteiger partial charge in [0.15, 0.2) is 0 Å². The van der Waals surface area contributed by atoms with Crippen LogP contribution in [0.3, 0.4) is 0 Å². The van der Waals surface area contributed by atoms with Crippen molar-refractivity contribution in [3.8, 4) is 5.75 Å². The minimum absolute atomic E-state index is 0.0000906. The van der Waals surface area contributed by atoms with Crippen molar-refractivity contribution >= 4 is 29.5 Å². The van der Waals surface area contributed by atoms with E-state index < -0.39 is 30.2 Å².